The van der Waals surface area contributed by atoms with Gasteiger partial charge >= 0.3 is 5.97 Å². The van der Waals surface area contributed by atoms with Crippen LogP contribution in [0, 0.1) is 11.8 Å². The Morgan fingerprint density at radius 1 is 1.32 bits per heavy atom. The summed E-state index contributed by atoms with van der Waals surface area (Å²) in [5.74, 6) is -0.651. The zero-order chi connectivity index (χ0) is 14.7. The quantitative estimate of drug-likeness (QED) is 0.457. The van der Waals surface area contributed by atoms with Crippen LogP contribution in [-0.4, -0.2) is 48.7 Å². The zero-order valence-electron chi connectivity index (χ0n) is 12.3. The van der Waals surface area contributed by atoms with Crippen LogP contribution < -0.4 is 0 Å². The molecule has 5 nitrogen and oxygen atoms in total. The highest BCUT2D eigenvalue weighted by Gasteiger charge is 2.22. The van der Waals surface area contributed by atoms with Gasteiger partial charge < -0.3 is 14.7 Å². The van der Waals surface area contributed by atoms with Gasteiger partial charge in [-0.2, -0.15) is 0 Å². The minimum atomic E-state index is -0.649. The van der Waals surface area contributed by atoms with Crippen molar-refractivity contribution in [2.24, 2.45) is 11.8 Å². The summed E-state index contributed by atoms with van der Waals surface area (Å²) in [5, 5.41) is 9.22. The van der Waals surface area contributed by atoms with E-state index in [0.717, 1.165) is 25.7 Å². The van der Waals surface area contributed by atoms with E-state index in [1.54, 1.807) is 11.8 Å². The first kappa shape index (κ1) is 17.9. The third kappa shape index (κ3) is 7.15. The number of rotatable bonds is 11. The van der Waals surface area contributed by atoms with E-state index in [0.29, 0.717) is 12.5 Å². The molecule has 0 aromatic heterocycles. The Morgan fingerprint density at radius 3 is 2.42 bits per heavy atom. The maximum atomic E-state index is 11.6. The lowest BCUT2D eigenvalue weighted by Gasteiger charge is -2.26. The monoisotopic (exact) mass is 273 g/mol. The van der Waals surface area contributed by atoms with E-state index in [9.17, 15) is 14.7 Å². The highest BCUT2D eigenvalue weighted by atomic mass is 16.5. The zero-order valence-corrected chi connectivity index (χ0v) is 12.3. The molecule has 0 saturated heterocycles. The first-order chi connectivity index (χ1) is 9.12. The predicted molar refractivity (Wildman–Crippen MR) is 73.5 cm³/mol. The van der Waals surface area contributed by atoms with Crippen LogP contribution in [0.2, 0.25) is 0 Å². The number of nitrogens with zero attached hydrogens (tertiary/aromatic N) is 1. The van der Waals surface area contributed by atoms with E-state index >= 15 is 0 Å². The second-order valence-corrected chi connectivity index (χ2v) is 4.75. The Balaban J connectivity index is 4.42. The van der Waals surface area contributed by atoms with Crippen molar-refractivity contribution in [3.8, 4) is 0 Å². The van der Waals surface area contributed by atoms with E-state index in [4.69, 9.17) is 4.74 Å². The van der Waals surface area contributed by atoms with Crippen LogP contribution in [0.1, 0.15) is 40.0 Å². The molecule has 0 saturated carbocycles. The highest BCUT2D eigenvalue weighted by molar-refractivity contribution is 5.73. The lowest BCUT2D eigenvalue weighted by molar-refractivity contribution is -0.150. The molecule has 0 aromatic carbocycles. The lowest BCUT2D eigenvalue weighted by Crippen LogP contribution is -2.37. The average Bonchev–Trinajstić information content (AvgIpc) is 2.42. The van der Waals surface area contributed by atoms with Crippen molar-refractivity contribution >= 4 is 12.4 Å². The molecule has 1 amide bonds. The van der Waals surface area contributed by atoms with E-state index in [1.165, 1.54) is 0 Å². The molecule has 0 rings (SSSR count). The SMILES string of the molecule is CCCC(CC)CN(C=O)CC(CO)C(=O)OCC. The smallest absolute Gasteiger partial charge is 0.313 e. The molecular formula is C14H27NO4. The van der Waals surface area contributed by atoms with Crippen molar-refractivity contribution in [2.45, 2.75) is 40.0 Å². The molecule has 0 aliphatic rings. The molecule has 112 valence electrons. The average molecular weight is 273 g/mol. The molecule has 0 radical (unpaired) electrons. The van der Waals surface area contributed by atoms with E-state index in [1.807, 2.05) is 0 Å². The standard InChI is InChI=1S/C14H27NO4/c1-4-7-12(5-2)8-15(11-17)9-13(10-16)14(18)19-6-3/h11-13,16H,4-10H2,1-3H3. The van der Waals surface area contributed by atoms with Crippen LogP contribution in [0.3, 0.4) is 0 Å². The maximum absolute atomic E-state index is 11.6. The summed E-state index contributed by atoms with van der Waals surface area (Å²) in [5.41, 5.74) is 0. The number of carbonyl (C=O) groups excluding carboxylic acids is 2. The molecule has 0 spiro atoms. The molecule has 0 aliphatic carbocycles. The van der Waals surface area contributed by atoms with Crippen molar-refractivity contribution in [1.29, 1.82) is 0 Å². The van der Waals surface area contributed by atoms with Crippen LogP contribution in [-0.2, 0) is 14.3 Å². The van der Waals surface area contributed by atoms with Crippen LogP contribution in [0.25, 0.3) is 0 Å². The summed E-state index contributed by atoms with van der Waals surface area (Å²) in [6.07, 6.45) is 3.89. The minimum absolute atomic E-state index is 0.221. The number of carbonyl (C=O) groups is 2. The van der Waals surface area contributed by atoms with Crippen LogP contribution >= 0.6 is 0 Å². The number of esters is 1. The van der Waals surface area contributed by atoms with Gasteiger partial charge in [-0.3, -0.25) is 9.59 Å². The van der Waals surface area contributed by atoms with Gasteiger partial charge in [0.25, 0.3) is 0 Å². The summed E-state index contributed by atoms with van der Waals surface area (Å²) in [6, 6.07) is 0. The first-order valence-electron chi connectivity index (χ1n) is 7.09. The fraction of sp³-hybridized carbons (Fsp3) is 0.857. The van der Waals surface area contributed by atoms with Crippen LogP contribution in [0.4, 0.5) is 0 Å². The van der Waals surface area contributed by atoms with Crippen molar-refractivity contribution < 1.29 is 19.4 Å². The topological polar surface area (TPSA) is 66.8 Å². The number of aliphatic hydroxyl groups excluding tert-OH is 1. The van der Waals surface area contributed by atoms with E-state index in [-0.39, 0.29) is 19.8 Å². The first-order valence-corrected chi connectivity index (χ1v) is 7.09. The Bertz CT molecular complexity index is 258. The number of hydrogen-bond donors (Lipinski definition) is 1. The van der Waals surface area contributed by atoms with Gasteiger partial charge in [-0.25, -0.2) is 0 Å². The number of amides is 1. The summed E-state index contributed by atoms with van der Waals surface area (Å²) in [7, 11) is 0. The van der Waals surface area contributed by atoms with Gasteiger partial charge in [-0.15, -0.1) is 0 Å². The third-order valence-corrected chi connectivity index (χ3v) is 3.21. The van der Waals surface area contributed by atoms with Gasteiger partial charge in [0.2, 0.25) is 6.41 Å². The molecule has 1 N–H and O–H groups in total. The fourth-order valence-electron chi connectivity index (χ4n) is 2.07. The molecule has 0 aromatic rings. The van der Waals surface area contributed by atoms with Crippen molar-refractivity contribution in [3.05, 3.63) is 0 Å². The summed E-state index contributed by atoms with van der Waals surface area (Å²) < 4.78 is 4.88. The van der Waals surface area contributed by atoms with Crippen molar-refractivity contribution in [2.75, 3.05) is 26.3 Å². The Hall–Kier alpha value is -1.10. The number of aliphatic hydroxyl groups is 1. The molecule has 19 heavy (non-hydrogen) atoms. The second kappa shape index (κ2) is 10.8. The summed E-state index contributed by atoms with van der Waals surface area (Å²) in [4.78, 5) is 24.2. The number of ether oxygens (including phenoxy) is 1. The van der Waals surface area contributed by atoms with E-state index in [2.05, 4.69) is 13.8 Å². The minimum Gasteiger partial charge on any atom is -0.466 e. The molecule has 5 heteroatoms. The summed E-state index contributed by atoms with van der Waals surface area (Å²) >= 11 is 0. The molecule has 0 aliphatic heterocycles. The maximum Gasteiger partial charge on any atom is 0.313 e. The summed E-state index contributed by atoms with van der Waals surface area (Å²) in [6.45, 7) is 6.76. The number of hydrogen-bond acceptors (Lipinski definition) is 4. The molecule has 0 fully saturated rings. The van der Waals surface area contributed by atoms with E-state index < -0.39 is 11.9 Å². The fourth-order valence-corrected chi connectivity index (χ4v) is 2.07. The predicted octanol–water partition coefficient (Wildman–Crippen LogP) is 1.44. The van der Waals surface area contributed by atoms with Gasteiger partial charge in [0, 0.05) is 13.1 Å². The molecule has 0 heterocycles. The Morgan fingerprint density at radius 2 is 2.00 bits per heavy atom. The normalized spacial score (nSPS) is 13.7. The largest absolute Gasteiger partial charge is 0.466 e. The van der Waals surface area contributed by atoms with Gasteiger partial charge in [-0.05, 0) is 19.3 Å². The second-order valence-electron chi connectivity index (χ2n) is 4.75. The van der Waals surface area contributed by atoms with Gasteiger partial charge in [0.15, 0.2) is 0 Å². The third-order valence-electron chi connectivity index (χ3n) is 3.21. The van der Waals surface area contributed by atoms with Gasteiger partial charge in [-0.1, -0.05) is 26.7 Å². The van der Waals surface area contributed by atoms with Gasteiger partial charge in [0.05, 0.1) is 19.1 Å². The highest BCUT2D eigenvalue weighted by Crippen LogP contribution is 2.13. The van der Waals surface area contributed by atoms with Crippen molar-refractivity contribution in [3.63, 3.8) is 0 Å². The van der Waals surface area contributed by atoms with Crippen LogP contribution in [0.5, 0.6) is 0 Å². The van der Waals surface area contributed by atoms with Gasteiger partial charge in [0.1, 0.15) is 0 Å². The lowest BCUT2D eigenvalue weighted by atomic mass is 9.99. The molecule has 0 bridgehead atoms. The molecule has 2 atom stereocenters. The molecule has 2 unspecified atom stereocenters. The Labute approximate surface area is 115 Å². The molecular weight excluding hydrogens is 246 g/mol. The van der Waals surface area contributed by atoms with Crippen molar-refractivity contribution in [1.82, 2.24) is 4.90 Å². The van der Waals surface area contributed by atoms with Crippen LogP contribution in [0.15, 0.2) is 0 Å². The Kier molecular flexibility index (Phi) is 10.2.